The lowest BCUT2D eigenvalue weighted by Crippen LogP contribution is -2.34. The Morgan fingerprint density at radius 2 is 2.08 bits per heavy atom. The lowest BCUT2D eigenvalue weighted by molar-refractivity contribution is -0.133. The summed E-state index contributed by atoms with van der Waals surface area (Å²) in [5.41, 5.74) is 1.39. The number of anilines is 1. The van der Waals surface area contributed by atoms with Gasteiger partial charge in [-0.2, -0.15) is 0 Å². The van der Waals surface area contributed by atoms with Crippen LogP contribution in [-0.4, -0.2) is 34.3 Å². The molecular weight excluding hydrogens is 324 g/mol. The third-order valence-electron chi connectivity index (χ3n) is 4.05. The Hall–Kier alpha value is -3.09. The zero-order valence-electron chi connectivity index (χ0n) is 13.5. The summed E-state index contributed by atoms with van der Waals surface area (Å²) in [5, 5.41) is 11.5. The highest BCUT2D eigenvalue weighted by molar-refractivity contribution is 6.03. The Morgan fingerprint density at radius 1 is 1.24 bits per heavy atom. The average molecular weight is 342 g/mol. The highest BCUT2D eigenvalue weighted by atomic mass is 16.4. The van der Waals surface area contributed by atoms with Gasteiger partial charge in [0.2, 0.25) is 5.91 Å². The molecule has 0 saturated carbocycles. The Morgan fingerprint density at radius 3 is 2.80 bits per heavy atom. The van der Waals surface area contributed by atoms with Gasteiger partial charge in [-0.05, 0) is 30.5 Å². The number of piperidine rings is 1. The predicted molar refractivity (Wildman–Crippen MR) is 89.3 cm³/mol. The minimum atomic E-state index is -1.16. The summed E-state index contributed by atoms with van der Waals surface area (Å²) >= 11 is 0. The highest BCUT2D eigenvalue weighted by Gasteiger charge is 2.18. The number of carbonyl (C=O) groups excluding carboxylic acids is 2. The van der Waals surface area contributed by atoms with Crippen molar-refractivity contribution in [2.24, 2.45) is 0 Å². The van der Waals surface area contributed by atoms with Crippen LogP contribution < -0.4 is 5.32 Å². The largest absolute Gasteiger partial charge is 0.478 e. The zero-order chi connectivity index (χ0) is 17.8. The molecule has 2 aromatic rings. The van der Waals surface area contributed by atoms with Crippen LogP contribution in [0.1, 0.15) is 45.7 Å². The van der Waals surface area contributed by atoms with E-state index in [4.69, 9.17) is 9.52 Å². The van der Waals surface area contributed by atoms with Crippen molar-refractivity contribution < 1.29 is 23.9 Å². The molecule has 0 bridgehead atoms. The molecule has 0 atom stereocenters. The van der Waals surface area contributed by atoms with Crippen LogP contribution in [0.5, 0.6) is 0 Å². The maximum absolute atomic E-state index is 12.1. The Kier molecular flexibility index (Phi) is 4.83. The number of rotatable bonds is 5. The number of likely N-dealkylation sites (tertiary alicyclic amines) is 1. The van der Waals surface area contributed by atoms with Crippen molar-refractivity contribution in [3.05, 3.63) is 53.5 Å². The van der Waals surface area contributed by atoms with Crippen LogP contribution in [0.3, 0.4) is 0 Å². The van der Waals surface area contributed by atoms with E-state index in [1.807, 2.05) is 11.0 Å². The van der Waals surface area contributed by atoms with E-state index >= 15 is 0 Å². The fourth-order valence-electron chi connectivity index (χ4n) is 2.76. The van der Waals surface area contributed by atoms with Gasteiger partial charge in [0.05, 0.1) is 5.56 Å². The van der Waals surface area contributed by atoms with E-state index in [1.165, 1.54) is 6.07 Å². The number of furan rings is 1. The fourth-order valence-corrected chi connectivity index (χ4v) is 2.76. The van der Waals surface area contributed by atoms with Gasteiger partial charge in [-0.25, -0.2) is 4.79 Å². The normalized spacial score (nSPS) is 14.4. The molecule has 0 aliphatic carbocycles. The number of carbonyl (C=O) groups is 3. The number of hydrogen-bond acceptors (Lipinski definition) is 4. The van der Waals surface area contributed by atoms with Crippen LogP contribution in [0.2, 0.25) is 0 Å². The van der Waals surface area contributed by atoms with Crippen molar-refractivity contribution in [2.45, 2.75) is 25.8 Å². The number of amides is 2. The van der Waals surface area contributed by atoms with Gasteiger partial charge in [0.25, 0.3) is 5.91 Å². The van der Waals surface area contributed by atoms with E-state index in [2.05, 4.69) is 5.32 Å². The maximum atomic E-state index is 12.1. The van der Waals surface area contributed by atoms with Crippen LogP contribution in [0.25, 0.3) is 0 Å². The van der Waals surface area contributed by atoms with Gasteiger partial charge in [0.1, 0.15) is 6.26 Å². The number of nitrogens with zero attached hydrogens (tertiary/aromatic N) is 1. The van der Waals surface area contributed by atoms with E-state index in [9.17, 15) is 14.4 Å². The van der Waals surface area contributed by atoms with Gasteiger partial charge in [0.15, 0.2) is 5.76 Å². The first-order valence-corrected chi connectivity index (χ1v) is 8.03. The molecule has 2 amide bonds. The molecule has 0 unspecified atom stereocenters. The third kappa shape index (κ3) is 4.06. The van der Waals surface area contributed by atoms with Crippen LogP contribution in [0.15, 0.2) is 41.0 Å². The second-order valence-electron chi connectivity index (χ2n) is 5.93. The van der Waals surface area contributed by atoms with Gasteiger partial charge >= 0.3 is 5.97 Å². The van der Waals surface area contributed by atoms with E-state index in [1.54, 1.807) is 18.2 Å². The topological polar surface area (TPSA) is 99.8 Å². The molecule has 1 aromatic heterocycles. The Bertz CT molecular complexity index is 811. The molecular formula is C18H18N2O5. The number of carboxylic acid groups (broad SMARTS) is 1. The van der Waals surface area contributed by atoms with Crippen LogP contribution in [0.4, 0.5) is 5.69 Å². The first-order valence-electron chi connectivity index (χ1n) is 8.03. The molecule has 130 valence electrons. The van der Waals surface area contributed by atoms with Crippen molar-refractivity contribution in [1.82, 2.24) is 4.90 Å². The molecule has 1 fully saturated rings. The molecule has 0 spiro atoms. The van der Waals surface area contributed by atoms with Gasteiger partial charge in [-0.15, -0.1) is 0 Å². The third-order valence-corrected chi connectivity index (χ3v) is 4.05. The van der Waals surface area contributed by atoms with Gasteiger partial charge in [0, 0.05) is 31.3 Å². The molecule has 3 rings (SSSR count). The van der Waals surface area contributed by atoms with Crippen molar-refractivity contribution >= 4 is 23.5 Å². The van der Waals surface area contributed by atoms with E-state index in [0.29, 0.717) is 18.7 Å². The molecule has 2 N–H and O–H groups in total. The molecule has 1 aromatic carbocycles. The van der Waals surface area contributed by atoms with Crippen LogP contribution in [-0.2, 0) is 11.3 Å². The standard InChI is InChI=1S/C18H18N2O5/c21-16-6-1-2-7-20(16)10-12-4-3-5-14(8-12)19-17(22)15-9-13(11-25-15)18(23)24/h3-5,8-9,11H,1-2,6-7,10H2,(H,19,22)(H,23,24). The van der Waals surface area contributed by atoms with Crippen molar-refractivity contribution in [1.29, 1.82) is 0 Å². The summed E-state index contributed by atoms with van der Waals surface area (Å²) in [4.78, 5) is 36.7. The van der Waals surface area contributed by atoms with Gasteiger partial charge < -0.3 is 19.7 Å². The summed E-state index contributed by atoms with van der Waals surface area (Å²) in [6.07, 6.45) is 3.55. The minimum Gasteiger partial charge on any atom is -0.478 e. The second-order valence-corrected chi connectivity index (χ2v) is 5.93. The van der Waals surface area contributed by atoms with Gasteiger partial charge in [-0.3, -0.25) is 9.59 Å². The van der Waals surface area contributed by atoms with Crippen molar-refractivity contribution in [3.8, 4) is 0 Å². The maximum Gasteiger partial charge on any atom is 0.338 e. The molecule has 0 radical (unpaired) electrons. The zero-order valence-corrected chi connectivity index (χ0v) is 13.5. The highest BCUT2D eigenvalue weighted by Crippen LogP contribution is 2.18. The molecule has 2 heterocycles. The first-order chi connectivity index (χ1) is 12.0. The Labute approximate surface area is 144 Å². The van der Waals surface area contributed by atoms with E-state index < -0.39 is 11.9 Å². The number of carboxylic acids is 1. The molecule has 1 aliphatic rings. The molecule has 25 heavy (non-hydrogen) atoms. The minimum absolute atomic E-state index is 0.0750. The monoisotopic (exact) mass is 342 g/mol. The summed E-state index contributed by atoms with van der Waals surface area (Å²) in [5.74, 6) is -1.61. The SMILES string of the molecule is O=C(O)c1coc(C(=O)Nc2cccc(CN3CCCCC3=O)c2)c1. The Balaban J connectivity index is 1.67. The van der Waals surface area contributed by atoms with Gasteiger partial charge in [-0.1, -0.05) is 12.1 Å². The van der Waals surface area contributed by atoms with E-state index in [0.717, 1.165) is 31.2 Å². The molecule has 1 saturated heterocycles. The number of hydrogen-bond donors (Lipinski definition) is 2. The predicted octanol–water partition coefficient (Wildman–Crippen LogP) is 2.74. The van der Waals surface area contributed by atoms with Crippen LogP contribution in [0, 0.1) is 0 Å². The van der Waals surface area contributed by atoms with Crippen molar-refractivity contribution in [2.75, 3.05) is 11.9 Å². The lowest BCUT2D eigenvalue weighted by atomic mass is 10.1. The summed E-state index contributed by atoms with van der Waals surface area (Å²) in [7, 11) is 0. The second kappa shape index (κ2) is 7.21. The average Bonchev–Trinajstić information content (AvgIpc) is 3.08. The summed E-state index contributed by atoms with van der Waals surface area (Å²) in [6.45, 7) is 1.26. The molecule has 7 heteroatoms. The number of nitrogens with one attached hydrogen (secondary N) is 1. The quantitative estimate of drug-likeness (QED) is 0.870. The molecule has 7 nitrogen and oxygen atoms in total. The molecule has 1 aliphatic heterocycles. The van der Waals surface area contributed by atoms with E-state index in [-0.39, 0.29) is 17.2 Å². The fraction of sp³-hybridized carbons (Fsp3) is 0.278. The van der Waals surface area contributed by atoms with Crippen LogP contribution >= 0.6 is 0 Å². The summed E-state index contributed by atoms with van der Waals surface area (Å²) < 4.78 is 4.98. The summed E-state index contributed by atoms with van der Waals surface area (Å²) in [6, 6.07) is 8.38. The number of benzene rings is 1. The number of aromatic carboxylic acids is 1. The first kappa shape index (κ1) is 16.8. The smallest absolute Gasteiger partial charge is 0.338 e. The lowest BCUT2D eigenvalue weighted by Gasteiger charge is -2.26. The van der Waals surface area contributed by atoms with Crippen molar-refractivity contribution in [3.63, 3.8) is 0 Å².